The first-order valence-electron chi connectivity index (χ1n) is 6.29. The number of hydrogen-bond donors (Lipinski definition) is 1. The van der Waals surface area contributed by atoms with Gasteiger partial charge in [-0.05, 0) is 43.7 Å². The summed E-state index contributed by atoms with van der Waals surface area (Å²) in [7, 11) is 0. The van der Waals surface area contributed by atoms with Gasteiger partial charge in [0.25, 0.3) is 0 Å². The molecule has 2 rings (SSSR count). The van der Waals surface area contributed by atoms with Gasteiger partial charge in [0.15, 0.2) is 11.6 Å². The summed E-state index contributed by atoms with van der Waals surface area (Å²) in [5, 5.41) is 3.33. The summed E-state index contributed by atoms with van der Waals surface area (Å²) in [6.45, 7) is 3.95. The first-order valence-corrected chi connectivity index (χ1v) is 6.29. The lowest BCUT2D eigenvalue weighted by molar-refractivity contribution is 0.427. The van der Waals surface area contributed by atoms with Crippen LogP contribution in [0.25, 0.3) is 0 Å². The Morgan fingerprint density at radius 3 is 2.58 bits per heavy atom. The van der Waals surface area contributed by atoms with E-state index in [9.17, 15) is 8.78 Å². The Labute approximate surface area is 111 Å². The summed E-state index contributed by atoms with van der Waals surface area (Å²) in [6.07, 6.45) is 2.39. The Bertz CT molecular complexity index is 525. The van der Waals surface area contributed by atoms with Gasteiger partial charge in [-0.2, -0.15) is 0 Å². The highest BCUT2D eigenvalue weighted by molar-refractivity contribution is 5.21. The first-order chi connectivity index (χ1) is 9.06. The van der Waals surface area contributed by atoms with E-state index in [0.717, 1.165) is 23.8 Å². The molecule has 0 spiro atoms. The van der Waals surface area contributed by atoms with E-state index in [4.69, 9.17) is 4.42 Å². The number of halogens is 2. The van der Waals surface area contributed by atoms with E-state index in [1.165, 1.54) is 6.07 Å². The van der Waals surface area contributed by atoms with Gasteiger partial charge < -0.3 is 9.73 Å². The summed E-state index contributed by atoms with van der Waals surface area (Å²) < 4.78 is 31.3. The van der Waals surface area contributed by atoms with E-state index in [1.54, 1.807) is 12.3 Å². The lowest BCUT2D eigenvalue weighted by atomic mass is 10.1. The normalized spacial score (nSPS) is 14.3. The predicted molar refractivity (Wildman–Crippen MR) is 69.8 cm³/mol. The highest BCUT2D eigenvalue weighted by Crippen LogP contribution is 2.17. The van der Waals surface area contributed by atoms with Gasteiger partial charge in [0.2, 0.25) is 0 Å². The van der Waals surface area contributed by atoms with Crippen LogP contribution >= 0.6 is 0 Å². The summed E-state index contributed by atoms with van der Waals surface area (Å²) in [5.74, 6) is -0.734. The van der Waals surface area contributed by atoms with Crippen molar-refractivity contribution < 1.29 is 13.2 Å². The minimum atomic E-state index is -0.820. The summed E-state index contributed by atoms with van der Waals surface area (Å²) in [4.78, 5) is 0. The Morgan fingerprint density at radius 1 is 1.16 bits per heavy atom. The van der Waals surface area contributed by atoms with Crippen molar-refractivity contribution in [3.8, 4) is 0 Å². The molecule has 0 fully saturated rings. The molecule has 19 heavy (non-hydrogen) atoms. The molecule has 0 aliphatic heterocycles. The zero-order valence-electron chi connectivity index (χ0n) is 11.0. The van der Waals surface area contributed by atoms with Gasteiger partial charge in [-0.1, -0.05) is 6.07 Å². The molecule has 0 bridgehead atoms. The van der Waals surface area contributed by atoms with E-state index in [1.807, 2.05) is 26.0 Å². The van der Waals surface area contributed by atoms with Crippen molar-refractivity contribution >= 4 is 0 Å². The number of rotatable bonds is 5. The average Bonchev–Trinajstić information content (AvgIpc) is 2.85. The van der Waals surface area contributed by atoms with Crippen molar-refractivity contribution in [2.75, 3.05) is 0 Å². The third-order valence-electron chi connectivity index (χ3n) is 3.07. The SMILES string of the molecule is CC(Cc1ccco1)NC(C)c1ccc(F)c(F)c1. The third-order valence-corrected chi connectivity index (χ3v) is 3.07. The fourth-order valence-corrected chi connectivity index (χ4v) is 2.09. The Balaban J connectivity index is 1.96. The molecule has 1 heterocycles. The van der Waals surface area contributed by atoms with Crippen LogP contribution in [0.2, 0.25) is 0 Å². The Morgan fingerprint density at radius 2 is 1.95 bits per heavy atom. The Kier molecular flexibility index (Phi) is 4.32. The standard InChI is InChI=1S/C15H17F2NO/c1-10(8-13-4-3-7-19-13)18-11(2)12-5-6-14(16)15(17)9-12/h3-7,9-11,18H,8H2,1-2H3. The van der Waals surface area contributed by atoms with Gasteiger partial charge in [0.05, 0.1) is 6.26 Å². The molecule has 1 N–H and O–H groups in total. The molecule has 2 unspecified atom stereocenters. The van der Waals surface area contributed by atoms with Gasteiger partial charge in [-0.15, -0.1) is 0 Å². The van der Waals surface area contributed by atoms with E-state index < -0.39 is 11.6 Å². The van der Waals surface area contributed by atoms with Crippen LogP contribution in [0.4, 0.5) is 8.78 Å². The van der Waals surface area contributed by atoms with Gasteiger partial charge in [-0.25, -0.2) is 8.78 Å². The largest absolute Gasteiger partial charge is 0.469 e. The molecule has 0 saturated carbocycles. The highest BCUT2D eigenvalue weighted by Gasteiger charge is 2.13. The van der Waals surface area contributed by atoms with E-state index in [0.29, 0.717) is 0 Å². The highest BCUT2D eigenvalue weighted by atomic mass is 19.2. The van der Waals surface area contributed by atoms with Crippen molar-refractivity contribution in [2.24, 2.45) is 0 Å². The third kappa shape index (κ3) is 3.64. The molecule has 4 heteroatoms. The first kappa shape index (κ1) is 13.7. The van der Waals surface area contributed by atoms with Crippen LogP contribution in [0.5, 0.6) is 0 Å². The summed E-state index contributed by atoms with van der Waals surface area (Å²) >= 11 is 0. The number of hydrogen-bond acceptors (Lipinski definition) is 2. The van der Waals surface area contributed by atoms with Crippen molar-refractivity contribution in [1.82, 2.24) is 5.32 Å². The number of nitrogens with one attached hydrogen (secondary N) is 1. The maximum absolute atomic E-state index is 13.2. The second kappa shape index (κ2) is 5.97. The lowest BCUT2D eigenvalue weighted by Crippen LogP contribution is -2.30. The van der Waals surface area contributed by atoms with Gasteiger partial charge in [0.1, 0.15) is 5.76 Å². The quantitative estimate of drug-likeness (QED) is 0.888. The average molecular weight is 265 g/mol. The molecular weight excluding hydrogens is 248 g/mol. The number of furan rings is 1. The topological polar surface area (TPSA) is 25.2 Å². The van der Waals surface area contributed by atoms with Crippen LogP contribution in [-0.2, 0) is 6.42 Å². The van der Waals surface area contributed by atoms with Crippen molar-refractivity contribution in [2.45, 2.75) is 32.4 Å². The summed E-state index contributed by atoms with van der Waals surface area (Å²) in [6, 6.07) is 7.86. The smallest absolute Gasteiger partial charge is 0.159 e. The molecule has 0 amide bonds. The van der Waals surface area contributed by atoms with Gasteiger partial charge in [0, 0.05) is 18.5 Å². The zero-order chi connectivity index (χ0) is 13.8. The molecule has 1 aromatic carbocycles. The van der Waals surface area contributed by atoms with Crippen LogP contribution in [0.1, 0.15) is 31.2 Å². The molecule has 2 atom stereocenters. The molecule has 0 aliphatic carbocycles. The second-order valence-electron chi connectivity index (χ2n) is 4.75. The monoisotopic (exact) mass is 265 g/mol. The van der Waals surface area contributed by atoms with Gasteiger partial charge in [-0.3, -0.25) is 0 Å². The molecular formula is C15H17F2NO. The fraction of sp³-hybridized carbons (Fsp3) is 0.333. The van der Waals surface area contributed by atoms with Gasteiger partial charge >= 0.3 is 0 Å². The van der Waals surface area contributed by atoms with Crippen LogP contribution in [0, 0.1) is 11.6 Å². The minimum absolute atomic E-state index is 0.0555. The van der Waals surface area contributed by atoms with Crippen LogP contribution in [0.15, 0.2) is 41.0 Å². The van der Waals surface area contributed by atoms with Crippen LogP contribution < -0.4 is 5.32 Å². The molecule has 1 aromatic heterocycles. The van der Waals surface area contributed by atoms with Crippen molar-refractivity contribution in [3.05, 3.63) is 59.6 Å². The molecule has 2 aromatic rings. The van der Waals surface area contributed by atoms with E-state index >= 15 is 0 Å². The van der Waals surface area contributed by atoms with E-state index in [2.05, 4.69) is 5.32 Å². The van der Waals surface area contributed by atoms with Crippen LogP contribution in [-0.4, -0.2) is 6.04 Å². The minimum Gasteiger partial charge on any atom is -0.469 e. The predicted octanol–water partition coefficient (Wildman–Crippen LogP) is 3.84. The Hall–Kier alpha value is -1.68. The summed E-state index contributed by atoms with van der Waals surface area (Å²) in [5.41, 5.74) is 0.727. The van der Waals surface area contributed by atoms with E-state index in [-0.39, 0.29) is 12.1 Å². The van der Waals surface area contributed by atoms with Crippen molar-refractivity contribution in [3.63, 3.8) is 0 Å². The second-order valence-corrected chi connectivity index (χ2v) is 4.75. The maximum Gasteiger partial charge on any atom is 0.159 e. The molecule has 0 radical (unpaired) electrons. The lowest BCUT2D eigenvalue weighted by Gasteiger charge is -2.19. The van der Waals surface area contributed by atoms with Crippen LogP contribution in [0.3, 0.4) is 0 Å². The molecule has 0 saturated heterocycles. The molecule has 2 nitrogen and oxygen atoms in total. The fourth-order valence-electron chi connectivity index (χ4n) is 2.09. The molecule has 0 aliphatic rings. The zero-order valence-corrected chi connectivity index (χ0v) is 11.0. The molecule has 102 valence electrons. The number of benzene rings is 1. The maximum atomic E-state index is 13.2. The van der Waals surface area contributed by atoms with Crippen molar-refractivity contribution in [1.29, 1.82) is 0 Å².